The zero-order valence-electron chi connectivity index (χ0n) is 27.5. The zero-order valence-corrected chi connectivity index (χ0v) is 27.5. The van der Waals surface area contributed by atoms with Gasteiger partial charge in [0.1, 0.15) is 0 Å². The van der Waals surface area contributed by atoms with E-state index in [9.17, 15) is 9.59 Å². The predicted molar refractivity (Wildman–Crippen MR) is 166 cm³/mol. The molecule has 1 saturated heterocycles. The van der Waals surface area contributed by atoms with Crippen LogP contribution in [-0.2, 0) is 21.4 Å². The van der Waals surface area contributed by atoms with Gasteiger partial charge in [-0.3, -0.25) is 14.7 Å². The molecule has 3 saturated carbocycles. The Hall–Kier alpha value is -1.95. The van der Waals surface area contributed by atoms with Gasteiger partial charge in [-0.2, -0.15) is 5.10 Å². The topological polar surface area (TPSA) is 69.3 Å². The van der Waals surface area contributed by atoms with Crippen LogP contribution >= 0.6 is 0 Å². The van der Waals surface area contributed by atoms with Gasteiger partial charge in [-0.15, -0.1) is 0 Å². The molecule has 4 fully saturated rings. The second-order valence-corrected chi connectivity index (χ2v) is 17.0. The smallest absolute Gasteiger partial charge is 0.234 e. The number of rotatable bonds is 1. The van der Waals surface area contributed by atoms with Crippen molar-refractivity contribution in [2.24, 2.45) is 51.2 Å². The fourth-order valence-electron chi connectivity index (χ4n) is 12.3. The number of hydrogen-bond acceptors (Lipinski definition) is 4. The van der Waals surface area contributed by atoms with Crippen LogP contribution in [0.15, 0.2) is 17.8 Å². The van der Waals surface area contributed by atoms with E-state index in [1.807, 2.05) is 6.20 Å². The molecule has 0 radical (unpaired) electrons. The van der Waals surface area contributed by atoms with Gasteiger partial charge in [0.2, 0.25) is 5.91 Å². The van der Waals surface area contributed by atoms with Crippen LogP contribution in [0, 0.1) is 51.2 Å². The van der Waals surface area contributed by atoms with Gasteiger partial charge in [-0.25, -0.2) is 0 Å². The number of nitrogens with one attached hydrogen (secondary N) is 1. The molecule has 6 heteroatoms. The van der Waals surface area contributed by atoms with Crippen LogP contribution in [-0.4, -0.2) is 64.9 Å². The Labute approximate surface area is 253 Å². The maximum Gasteiger partial charge on any atom is 0.234 e. The largest absolute Gasteiger partial charge is 0.339 e. The molecule has 10 atom stereocenters. The number of likely N-dealkylation sites (N-methyl/N-ethyl adjacent to an activating group) is 1. The Bertz CT molecular complexity index is 1340. The molecule has 1 aliphatic heterocycles. The highest BCUT2D eigenvalue weighted by Gasteiger charge is 2.71. The third-order valence-corrected chi connectivity index (χ3v) is 15.1. The number of amides is 1. The van der Waals surface area contributed by atoms with E-state index < -0.39 is 5.41 Å². The van der Waals surface area contributed by atoms with Crippen molar-refractivity contribution in [1.29, 1.82) is 0 Å². The van der Waals surface area contributed by atoms with Crippen molar-refractivity contribution in [1.82, 2.24) is 20.0 Å². The molecular formula is C36H54N4O2. The first kappa shape index (κ1) is 28.8. The Kier molecular flexibility index (Phi) is 6.20. The van der Waals surface area contributed by atoms with E-state index in [4.69, 9.17) is 0 Å². The Morgan fingerprint density at radius 2 is 1.69 bits per heavy atom. The molecule has 0 spiro atoms. The summed E-state index contributed by atoms with van der Waals surface area (Å²) in [6, 6.07) is 0. The van der Waals surface area contributed by atoms with Crippen molar-refractivity contribution in [2.45, 2.75) is 98.8 Å². The van der Waals surface area contributed by atoms with E-state index in [1.165, 1.54) is 31.3 Å². The summed E-state index contributed by atoms with van der Waals surface area (Å²) in [7, 11) is 2.13. The Morgan fingerprint density at radius 1 is 0.976 bits per heavy atom. The summed E-state index contributed by atoms with van der Waals surface area (Å²) in [5.74, 6) is 2.34. The molecule has 1 aromatic heterocycles. The van der Waals surface area contributed by atoms with Crippen LogP contribution in [0.4, 0.5) is 0 Å². The molecule has 5 aliphatic carbocycles. The van der Waals surface area contributed by atoms with Gasteiger partial charge in [0, 0.05) is 32.1 Å². The summed E-state index contributed by atoms with van der Waals surface area (Å²) in [6.07, 6.45) is 11.9. The molecule has 1 amide bonds. The normalized spacial score (nSPS) is 48.8. The highest BCUT2D eigenvalue weighted by molar-refractivity contribution is 5.96. The lowest BCUT2D eigenvalue weighted by atomic mass is 9.33. The SMILES string of the molecule is C[C@H]1[C@H](C)CC[C@]2(C)CC[C@]3(C)C(=CC(=O)[C@@H]4[C@@]5(C)Cc6cn[nH]c6[C@](C)(C(=O)N6CCN(C)CC6)[C@@H]5CC[C@]43C)[C@H]12. The van der Waals surface area contributed by atoms with Crippen LogP contribution in [0.3, 0.4) is 0 Å². The average molecular weight is 575 g/mol. The van der Waals surface area contributed by atoms with Gasteiger partial charge in [-0.1, -0.05) is 47.1 Å². The van der Waals surface area contributed by atoms with Crippen LogP contribution in [0.5, 0.6) is 0 Å². The van der Waals surface area contributed by atoms with Crippen LogP contribution < -0.4 is 0 Å². The number of aromatic nitrogens is 2. The maximum atomic E-state index is 14.8. The number of fused-ring (bicyclic) bond motifs is 8. The van der Waals surface area contributed by atoms with E-state index in [-0.39, 0.29) is 34.0 Å². The molecule has 1 aromatic rings. The fraction of sp³-hybridized carbons (Fsp3) is 0.806. The number of allylic oxidation sites excluding steroid dienone is 2. The van der Waals surface area contributed by atoms with E-state index >= 15 is 0 Å². The molecule has 2 heterocycles. The van der Waals surface area contributed by atoms with Crippen molar-refractivity contribution in [3.63, 3.8) is 0 Å². The number of carbonyl (C=O) groups excluding carboxylic acids is 2. The number of ketones is 1. The summed E-state index contributed by atoms with van der Waals surface area (Å²) in [6.45, 7) is 20.3. The number of H-pyrrole nitrogens is 1. The standard InChI is InChI=1S/C36H54N4O2/c1-22-9-11-32(3)13-14-34(5)25(28(32)23(22)2)19-26(41)29-33(4)20-24-21-37-38-30(24)36(7,27(33)10-12-35(29,34)6)31(42)40-17-15-39(8)16-18-40/h19,21-23,27-29H,9-18,20H2,1-8H3,(H,37,38)/t22-,23+,27-,28+,29-,32-,33+,34-,35-,36-/m1/s1. The molecule has 0 unspecified atom stereocenters. The van der Waals surface area contributed by atoms with Crippen molar-refractivity contribution >= 4 is 11.7 Å². The van der Waals surface area contributed by atoms with Crippen molar-refractivity contribution in [2.75, 3.05) is 33.2 Å². The molecule has 0 bridgehead atoms. The van der Waals surface area contributed by atoms with Gasteiger partial charge in [0.15, 0.2) is 5.78 Å². The van der Waals surface area contributed by atoms with Crippen molar-refractivity contribution < 1.29 is 9.59 Å². The summed E-state index contributed by atoms with van der Waals surface area (Å²) < 4.78 is 0. The predicted octanol–water partition coefficient (Wildman–Crippen LogP) is 6.03. The molecular weight excluding hydrogens is 520 g/mol. The third-order valence-electron chi connectivity index (χ3n) is 15.1. The van der Waals surface area contributed by atoms with Crippen LogP contribution in [0.2, 0.25) is 0 Å². The molecule has 6 aliphatic rings. The first-order valence-corrected chi connectivity index (χ1v) is 17.0. The minimum Gasteiger partial charge on any atom is -0.339 e. The van der Waals surface area contributed by atoms with Crippen LogP contribution in [0.25, 0.3) is 0 Å². The second kappa shape index (κ2) is 9.05. The van der Waals surface area contributed by atoms with E-state index in [2.05, 4.69) is 81.6 Å². The van der Waals surface area contributed by atoms with Gasteiger partial charge < -0.3 is 9.80 Å². The third kappa shape index (κ3) is 3.45. The lowest BCUT2D eigenvalue weighted by molar-refractivity contribution is -0.179. The lowest BCUT2D eigenvalue weighted by Crippen LogP contribution is -2.68. The summed E-state index contributed by atoms with van der Waals surface area (Å²) >= 11 is 0. The Balaban J connectivity index is 1.34. The van der Waals surface area contributed by atoms with E-state index in [1.54, 1.807) is 0 Å². The first-order valence-electron chi connectivity index (χ1n) is 17.0. The fourth-order valence-corrected chi connectivity index (χ4v) is 12.3. The quantitative estimate of drug-likeness (QED) is 0.445. The Morgan fingerprint density at radius 3 is 2.40 bits per heavy atom. The number of aromatic amines is 1. The maximum absolute atomic E-state index is 14.8. The highest BCUT2D eigenvalue weighted by atomic mass is 16.2. The van der Waals surface area contributed by atoms with Crippen molar-refractivity contribution in [3.8, 4) is 0 Å². The highest BCUT2D eigenvalue weighted by Crippen LogP contribution is 2.74. The van der Waals surface area contributed by atoms with Gasteiger partial charge in [0.05, 0.1) is 17.3 Å². The summed E-state index contributed by atoms with van der Waals surface area (Å²) in [5.41, 5.74) is 2.78. The number of carbonyl (C=O) groups is 2. The zero-order chi connectivity index (χ0) is 30.0. The van der Waals surface area contributed by atoms with Gasteiger partial charge >= 0.3 is 0 Å². The molecule has 0 aromatic carbocycles. The molecule has 230 valence electrons. The molecule has 1 N–H and O–H groups in total. The minimum absolute atomic E-state index is 0.00356. The average Bonchev–Trinajstić information content (AvgIpc) is 3.41. The molecule has 42 heavy (non-hydrogen) atoms. The van der Waals surface area contributed by atoms with E-state index in [0.29, 0.717) is 29.0 Å². The number of piperazine rings is 1. The number of nitrogens with zero attached hydrogens (tertiary/aromatic N) is 3. The second-order valence-electron chi connectivity index (χ2n) is 17.0. The van der Waals surface area contributed by atoms with E-state index in [0.717, 1.165) is 56.7 Å². The summed E-state index contributed by atoms with van der Waals surface area (Å²) in [5, 5.41) is 7.83. The molecule has 7 rings (SSSR count). The molecule has 6 nitrogen and oxygen atoms in total. The summed E-state index contributed by atoms with van der Waals surface area (Å²) in [4.78, 5) is 33.9. The van der Waals surface area contributed by atoms with Crippen LogP contribution in [0.1, 0.15) is 98.2 Å². The monoisotopic (exact) mass is 574 g/mol. The van der Waals surface area contributed by atoms with Crippen molar-refractivity contribution in [3.05, 3.63) is 29.1 Å². The van der Waals surface area contributed by atoms with Gasteiger partial charge in [-0.05, 0) is 116 Å². The first-order chi connectivity index (χ1) is 19.7. The minimum atomic E-state index is -0.709. The lowest BCUT2D eigenvalue weighted by Gasteiger charge is -2.70. The number of hydrogen-bond donors (Lipinski definition) is 1. The van der Waals surface area contributed by atoms with Gasteiger partial charge in [0.25, 0.3) is 0 Å².